The number of hydrogen-bond acceptors (Lipinski definition) is 3. The first-order valence-electron chi connectivity index (χ1n) is 5.96. The molecule has 84 valence electrons. The Balaban J connectivity index is 2.10. The van der Waals surface area contributed by atoms with Crippen molar-refractivity contribution < 1.29 is 0 Å². The van der Waals surface area contributed by atoms with Gasteiger partial charge in [0.25, 0.3) is 0 Å². The maximum absolute atomic E-state index is 4.28. The first-order chi connectivity index (χ1) is 7.33. The molecule has 2 heterocycles. The SMILES string of the molecule is CCCCC(C)n1nnc2c1CCNC2. The summed E-state index contributed by atoms with van der Waals surface area (Å²) in [5.41, 5.74) is 2.49. The van der Waals surface area contributed by atoms with E-state index in [1.807, 2.05) is 0 Å². The number of nitrogens with one attached hydrogen (secondary N) is 1. The molecule has 0 saturated heterocycles. The molecule has 15 heavy (non-hydrogen) atoms. The average molecular weight is 208 g/mol. The van der Waals surface area contributed by atoms with E-state index in [4.69, 9.17) is 0 Å². The van der Waals surface area contributed by atoms with E-state index in [1.165, 1.54) is 25.0 Å². The van der Waals surface area contributed by atoms with E-state index in [-0.39, 0.29) is 0 Å². The lowest BCUT2D eigenvalue weighted by Crippen LogP contribution is -2.25. The third kappa shape index (κ3) is 2.20. The van der Waals surface area contributed by atoms with Gasteiger partial charge in [0.05, 0.1) is 17.4 Å². The minimum Gasteiger partial charge on any atom is -0.311 e. The van der Waals surface area contributed by atoms with Gasteiger partial charge in [0.2, 0.25) is 0 Å². The third-order valence-electron chi connectivity index (χ3n) is 3.10. The molecular formula is C11H20N4. The van der Waals surface area contributed by atoms with Gasteiger partial charge in [0, 0.05) is 19.5 Å². The van der Waals surface area contributed by atoms with Crippen LogP contribution in [-0.2, 0) is 13.0 Å². The predicted molar refractivity (Wildman–Crippen MR) is 59.7 cm³/mol. The molecule has 0 saturated carbocycles. The van der Waals surface area contributed by atoms with Crippen LogP contribution in [0.15, 0.2) is 0 Å². The highest BCUT2D eigenvalue weighted by Crippen LogP contribution is 2.19. The van der Waals surface area contributed by atoms with Crippen molar-refractivity contribution >= 4 is 0 Å². The molecule has 0 amide bonds. The number of fused-ring (bicyclic) bond motifs is 1. The first-order valence-corrected chi connectivity index (χ1v) is 5.96. The fraction of sp³-hybridized carbons (Fsp3) is 0.818. The first kappa shape index (κ1) is 10.6. The van der Waals surface area contributed by atoms with Crippen LogP contribution in [0.1, 0.15) is 50.5 Å². The van der Waals surface area contributed by atoms with E-state index in [0.29, 0.717) is 6.04 Å². The second-order valence-electron chi connectivity index (χ2n) is 4.35. The van der Waals surface area contributed by atoms with E-state index in [1.54, 1.807) is 0 Å². The van der Waals surface area contributed by atoms with Crippen molar-refractivity contribution in [3.63, 3.8) is 0 Å². The molecule has 0 bridgehead atoms. The molecule has 2 rings (SSSR count). The van der Waals surface area contributed by atoms with E-state index in [9.17, 15) is 0 Å². The summed E-state index contributed by atoms with van der Waals surface area (Å²) in [6, 6.07) is 0.499. The Bertz CT molecular complexity index is 318. The van der Waals surface area contributed by atoms with Gasteiger partial charge in [-0.1, -0.05) is 25.0 Å². The number of unbranched alkanes of at least 4 members (excludes halogenated alkanes) is 1. The van der Waals surface area contributed by atoms with Crippen LogP contribution in [0.4, 0.5) is 0 Å². The smallest absolute Gasteiger partial charge is 0.0997 e. The van der Waals surface area contributed by atoms with Gasteiger partial charge in [-0.15, -0.1) is 5.10 Å². The lowest BCUT2D eigenvalue weighted by atomic mass is 10.1. The number of rotatable bonds is 4. The van der Waals surface area contributed by atoms with Gasteiger partial charge in [0.15, 0.2) is 0 Å². The van der Waals surface area contributed by atoms with Crippen molar-refractivity contribution in [1.29, 1.82) is 0 Å². The molecule has 0 fully saturated rings. The summed E-state index contributed by atoms with van der Waals surface area (Å²) in [6.07, 6.45) is 4.80. The summed E-state index contributed by atoms with van der Waals surface area (Å²) in [7, 11) is 0. The summed E-state index contributed by atoms with van der Waals surface area (Å²) in [5, 5.41) is 11.8. The standard InChI is InChI=1S/C11H20N4/c1-3-4-5-9(2)15-11-6-7-12-8-10(11)13-14-15/h9,12H,3-8H2,1-2H3. The second-order valence-corrected chi connectivity index (χ2v) is 4.35. The fourth-order valence-corrected chi connectivity index (χ4v) is 2.13. The Morgan fingerprint density at radius 2 is 2.40 bits per heavy atom. The van der Waals surface area contributed by atoms with Crippen LogP contribution in [0.2, 0.25) is 0 Å². The molecule has 0 spiro atoms. The van der Waals surface area contributed by atoms with E-state index < -0.39 is 0 Å². The minimum atomic E-state index is 0.499. The van der Waals surface area contributed by atoms with Crippen LogP contribution < -0.4 is 5.32 Å². The normalized spacial score (nSPS) is 17.5. The average Bonchev–Trinajstić information content (AvgIpc) is 2.69. The molecule has 1 aromatic rings. The summed E-state index contributed by atoms with van der Waals surface area (Å²) in [5.74, 6) is 0. The van der Waals surface area contributed by atoms with Gasteiger partial charge < -0.3 is 5.32 Å². The zero-order valence-corrected chi connectivity index (χ0v) is 9.66. The van der Waals surface area contributed by atoms with Gasteiger partial charge >= 0.3 is 0 Å². The molecule has 1 aliphatic heterocycles. The zero-order chi connectivity index (χ0) is 10.7. The molecule has 4 heteroatoms. The Labute approximate surface area is 91.1 Å². The Hall–Kier alpha value is -0.900. The van der Waals surface area contributed by atoms with Crippen molar-refractivity contribution in [3.05, 3.63) is 11.4 Å². The number of nitrogens with zero attached hydrogens (tertiary/aromatic N) is 3. The zero-order valence-electron chi connectivity index (χ0n) is 9.66. The Kier molecular flexibility index (Phi) is 3.36. The molecule has 1 unspecified atom stereocenters. The van der Waals surface area contributed by atoms with E-state index >= 15 is 0 Å². The third-order valence-corrected chi connectivity index (χ3v) is 3.10. The van der Waals surface area contributed by atoms with Crippen LogP contribution >= 0.6 is 0 Å². The van der Waals surface area contributed by atoms with Crippen LogP contribution in [-0.4, -0.2) is 21.5 Å². The Morgan fingerprint density at radius 1 is 1.53 bits per heavy atom. The van der Waals surface area contributed by atoms with Crippen LogP contribution in [0.25, 0.3) is 0 Å². The number of aromatic nitrogens is 3. The lowest BCUT2D eigenvalue weighted by molar-refractivity contribution is 0.417. The summed E-state index contributed by atoms with van der Waals surface area (Å²) >= 11 is 0. The van der Waals surface area contributed by atoms with Gasteiger partial charge in [-0.25, -0.2) is 4.68 Å². The van der Waals surface area contributed by atoms with Crippen LogP contribution in [0.3, 0.4) is 0 Å². The van der Waals surface area contributed by atoms with Gasteiger partial charge in [-0.3, -0.25) is 0 Å². The fourth-order valence-electron chi connectivity index (χ4n) is 2.13. The molecular weight excluding hydrogens is 188 g/mol. The maximum atomic E-state index is 4.28. The maximum Gasteiger partial charge on any atom is 0.0997 e. The predicted octanol–water partition coefficient (Wildman–Crippen LogP) is 1.68. The van der Waals surface area contributed by atoms with Crippen LogP contribution in [0, 0.1) is 0 Å². The quantitative estimate of drug-likeness (QED) is 0.818. The van der Waals surface area contributed by atoms with Crippen LogP contribution in [0.5, 0.6) is 0 Å². The molecule has 0 aliphatic carbocycles. The molecule has 1 aliphatic rings. The minimum absolute atomic E-state index is 0.499. The van der Waals surface area contributed by atoms with Crippen molar-refractivity contribution in [1.82, 2.24) is 20.3 Å². The summed E-state index contributed by atoms with van der Waals surface area (Å²) in [4.78, 5) is 0. The monoisotopic (exact) mass is 208 g/mol. The topological polar surface area (TPSA) is 42.7 Å². The summed E-state index contributed by atoms with van der Waals surface area (Å²) < 4.78 is 2.13. The van der Waals surface area contributed by atoms with Gasteiger partial charge in [-0.05, 0) is 13.3 Å². The molecule has 1 aromatic heterocycles. The highest BCUT2D eigenvalue weighted by molar-refractivity contribution is 5.13. The molecule has 0 aromatic carbocycles. The largest absolute Gasteiger partial charge is 0.311 e. The summed E-state index contributed by atoms with van der Waals surface area (Å²) in [6.45, 7) is 6.41. The molecule has 1 N–H and O–H groups in total. The highest BCUT2D eigenvalue weighted by Gasteiger charge is 2.18. The van der Waals surface area contributed by atoms with Gasteiger partial charge in [0.1, 0.15) is 0 Å². The second kappa shape index (κ2) is 4.75. The lowest BCUT2D eigenvalue weighted by Gasteiger charge is -2.17. The molecule has 1 atom stereocenters. The van der Waals surface area contributed by atoms with Crippen molar-refractivity contribution in [2.45, 2.75) is 52.1 Å². The highest BCUT2D eigenvalue weighted by atomic mass is 15.4. The molecule has 4 nitrogen and oxygen atoms in total. The molecule has 0 radical (unpaired) electrons. The van der Waals surface area contributed by atoms with Crippen molar-refractivity contribution in [2.75, 3.05) is 6.54 Å². The van der Waals surface area contributed by atoms with Crippen molar-refractivity contribution in [2.24, 2.45) is 0 Å². The number of hydrogen-bond donors (Lipinski definition) is 1. The Morgan fingerprint density at radius 3 is 3.20 bits per heavy atom. The van der Waals surface area contributed by atoms with Crippen molar-refractivity contribution in [3.8, 4) is 0 Å². The van der Waals surface area contributed by atoms with Gasteiger partial charge in [-0.2, -0.15) is 0 Å². The van der Waals surface area contributed by atoms with E-state index in [0.717, 1.165) is 25.2 Å². The van der Waals surface area contributed by atoms with E-state index in [2.05, 4.69) is 34.2 Å².